The first-order chi connectivity index (χ1) is 9.69. The topological polar surface area (TPSA) is 30.2 Å². The van der Waals surface area contributed by atoms with Crippen LogP contribution in [0, 0.1) is 0 Å². The molecule has 0 amide bonds. The summed E-state index contributed by atoms with van der Waals surface area (Å²) in [4.78, 5) is 8.66. The summed E-state index contributed by atoms with van der Waals surface area (Å²) >= 11 is 7.51. The molecule has 0 aliphatic carbocycles. The molecule has 0 radical (unpaired) electrons. The van der Waals surface area contributed by atoms with E-state index in [4.69, 9.17) is 11.6 Å². The molecule has 0 fully saturated rings. The van der Waals surface area contributed by atoms with Crippen molar-refractivity contribution in [2.45, 2.75) is 6.54 Å². The lowest BCUT2D eigenvalue weighted by atomic mass is 10.3. The molecule has 0 saturated carbocycles. The Morgan fingerprint density at radius 1 is 1.40 bits per heavy atom. The van der Waals surface area contributed by atoms with Gasteiger partial charge < -0.3 is 4.57 Å². The molecule has 0 unspecified atom stereocenters. The molecule has 0 saturated heterocycles. The molecule has 0 spiro atoms. The van der Waals surface area contributed by atoms with E-state index in [1.807, 2.05) is 36.7 Å². The number of hydrogen-bond donors (Lipinski definition) is 0. The molecule has 0 aliphatic heterocycles. The van der Waals surface area contributed by atoms with Gasteiger partial charge in [0.25, 0.3) is 0 Å². The maximum atomic E-state index is 5.80. The largest absolute Gasteiger partial charge is 0.329 e. The lowest BCUT2D eigenvalue weighted by Crippen LogP contribution is -2.20. The highest BCUT2D eigenvalue weighted by Crippen LogP contribution is 2.06. The minimum atomic E-state index is 0.505. The van der Waals surface area contributed by atoms with Crippen molar-refractivity contribution in [1.29, 1.82) is 0 Å². The third-order valence-corrected chi connectivity index (χ3v) is 3.49. The Balaban J connectivity index is 2.28. The Hall–Kier alpha value is -1.52. The number of pyridine rings is 2. The molecule has 2 aromatic heterocycles. The van der Waals surface area contributed by atoms with Crippen LogP contribution in [-0.4, -0.2) is 21.6 Å². The van der Waals surface area contributed by atoms with Crippen LogP contribution in [0.3, 0.4) is 0 Å². The molecule has 2 aromatic rings. The van der Waals surface area contributed by atoms with Gasteiger partial charge in [-0.05, 0) is 30.0 Å². The first-order valence-corrected chi connectivity index (χ1v) is 7.93. The summed E-state index contributed by atoms with van der Waals surface area (Å²) in [6, 6.07) is 9.70. The average Bonchev–Trinajstić information content (AvgIpc) is 2.44. The lowest BCUT2D eigenvalue weighted by Gasteiger charge is -2.07. The fraction of sp³-hybridized carbons (Fsp3) is 0.200. The SMILES string of the molecule is C=C(CSC)N=c1ccccn1Cc1ccc(Cl)nc1. The summed E-state index contributed by atoms with van der Waals surface area (Å²) < 4.78 is 2.07. The fourth-order valence-corrected chi connectivity index (χ4v) is 2.27. The van der Waals surface area contributed by atoms with Crippen molar-refractivity contribution < 1.29 is 0 Å². The first kappa shape index (κ1) is 14.9. The summed E-state index contributed by atoms with van der Waals surface area (Å²) in [6.07, 6.45) is 5.82. The Kier molecular flexibility index (Phi) is 5.44. The normalized spacial score (nSPS) is 11.6. The van der Waals surface area contributed by atoms with Crippen LogP contribution in [-0.2, 0) is 6.54 Å². The fourth-order valence-electron chi connectivity index (χ4n) is 1.76. The summed E-state index contributed by atoms with van der Waals surface area (Å²) in [6.45, 7) is 4.67. The average molecular weight is 306 g/mol. The van der Waals surface area contributed by atoms with E-state index in [9.17, 15) is 0 Å². The molecule has 0 bridgehead atoms. The van der Waals surface area contributed by atoms with Crippen molar-refractivity contribution in [2.75, 3.05) is 12.0 Å². The zero-order chi connectivity index (χ0) is 14.4. The molecular weight excluding hydrogens is 290 g/mol. The molecule has 5 heteroatoms. The highest BCUT2D eigenvalue weighted by Gasteiger charge is 1.98. The molecule has 104 valence electrons. The smallest absolute Gasteiger partial charge is 0.133 e. The van der Waals surface area contributed by atoms with Gasteiger partial charge in [-0.1, -0.05) is 30.3 Å². The molecule has 0 N–H and O–H groups in total. The number of aromatic nitrogens is 2. The van der Waals surface area contributed by atoms with E-state index in [1.54, 1.807) is 24.0 Å². The van der Waals surface area contributed by atoms with Gasteiger partial charge in [0.2, 0.25) is 0 Å². The summed E-state index contributed by atoms with van der Waals surface area (Å²) in [5.74, 6) is 0.831. The monoisotopic (exact) mass is 305 g/mol. The van der Waals surface area contributed by atoms with Gasteiger partial charge in [0, 0.05) is 23.8 Å². The van der Waals surface area contributed by atoms with Crippen molar-refractivity contribution >= 4 is 23.4 Å². The van der Waals surface area contributed by atoms with Crippen molar-refractivity contribution in [3.8, 4) is 0 Å². The van der Waals surface area contributed by atoms with Crippen molar-refractivity contribution in [3.05, 3.63) is 71.2 Å². The third kappa shape index (κ3) is 4.25. The van der Waals surface area contributed by atoms with Gasteiger partial charge in [-0.2, -0.15) is 11.8 Å². The summed E-state index contributed by atoms with van der Waals surface area (Å²) in [5, 5.41) is 0.505. The number of rotatable bonds is 5. The molecule has 0 atom stereocenters. The predicted molar refractivity (Wildman–Crippen MR) is 85.9 cm³/mol. The van der Waals surface area contributed by atoms with Crippen LogP contribution in [0.5, 0.6) is 0 Å². The molecule has 20 heavy (non-hydrogen) atoms. The second kappa shape index (κ2) is 7.31. The Bertz CT molecular complexity index is 647. The number of thioether (sulfide) groups is 1. The van der Waals surface area contributed by atoms with Crippen LogP contribution in [0.25, 0.3) is 0 Å². The van der Waals surface area contributed by atoms with Gasteiger partial charge >= 0.3 is 0 Å². The van der Waals surface area contributed by atoms with Crippen molar-refractivity contribution in [1.82, 2.24) is 9.55 Å². The van der Waals surface area contributed by atoms with Crippen LogP contribution in [0.4, 0.5) is 0 Å². The first-order valence-electron chi connectivity index (χ1n) is 6.16. The van der Waals surface area contributed by atoms with E-state index in [-0.39, 0.29) is 0 Å². The van der Waals surface area contributed by atoms with Crippen LogP contribution in [0.2, 0.25) is 5.15 Å². The van der Waals surface area contributed by atoms with E-state index >= 15 is 0 Å². The zero-order valence-corrected chi connectivity index (χ0v) is 12.9. The van der Waals surface area contributed by atoms with Gasteiger partial charge in [-0.25, -0.2) is 9.98 Å². The van der Waals surface area contributed by atoms with Crippen LogP contribution >= 0.6 is 23.4 Å². The van der Waals surface area contributed by atoms with Crippen molar-refractivity contribution in [3.63, 3.8) is 0 Å². The van der Waals surface area contributed by atoms with E-state index in [0.717, 1.165) is 22.5 Å². The molecular formula is C15H16ClN3S. The predicted octanol–water partition coefficient (Wildman–Crippen LogP) is 3.36. The molecule has 0 aromatic carbocycles. The number of halogens is 1. The van der Waals surface area contributed by atoms with Gasteiger partial charge in [0.1, 0.15) is 10.6 Å². The molecule has 2 rings (SSSR count). The maximum absolute atomic E-state index is 5.80. The van der Waals surface area contributed by atoms with E-state index < -0.39 is 0 Å². The van der Waals surface area contributed by atoms with Crippen molar-refractivity contribution in [2.24, 2.45) is 4.99 Å². The Labute approximate surface area is 128 Å². The van der Waals surface area contributed by atoms with Crippen LogP contribution < -0.4 is 5.49 Å². The molecule has 3 nitrogen and oxygen atoms in total. The quantitative estimate of drug-likeness (QED) is 0.793. The molecule has 2 heterocycles. The summed E-state index contributed by atoms with van der Waals surface area (Å²) in [7, 11) is 0. The van der Waals surface area contributed by atoms with Crippen LogP contribution in [0.15, 0.2) is 60.0 Å². The van der Waals surface area contributed by atoms with Gasteiger partial charge in [0.05, 0.1) is 6.54 Å². The number of nitrogens with zero attached hydrogens (tertiary/aromatic N) is 3. The van der Waals surface area contributed by atoms with Gasteiger partial charge in [0.15, 0.2) is 0 Å². The lowest BCUT2D eigenvalue weighted by molar-refractivity contribution is 0.737. The maximum Gasteiger partial charge on any atom is 0.133 e. The Morgan fingerprint density at radius 2 is 2.25 bits per heavy atom. The standard InChI is InChI=1S/C15H16ClN3S/c1-12(11-20-2)18-15-5-3-4-8-19(15)10-13-6-7-14(16)17-9-13/h3-9H,1,10-11H2,2H3. The second-order valence-corrected chi connectivity index (χ2v) is 5.54. The minimum absolute atomic E-state index is 0.505. The molecule has 0 aliphatic rings. The van der Waals surface area contributed by atoms with E-state index in [0.29, 0.717) is 11.7 Å². The Morgan fingerprint density at radius 3 is 2.95 bits per heavy atom. The highest BCUT2D eigenvalue weighted by molar-refractivity contribution is 7.98. The highest BCUT2D eigenvalue weighted by atomic mass is 35.5. The van der Waals surface area contributed by atoms with Gasteiger partial charge in [-0.15, -0.1) is 0 Å². The second-order valence-electron chi connectivity index (χ2n) is 4.29. The summed E-state index contributed by atoms with van der Waals surface area (Å²) in [5.41, 5.74) is 2.84. The number of hydrogen-bond acceptors (Lipinski definition) is 3. The minimum Gasteiger partial charge on any atom is -0.329 e. The zero-order valence-electron chi connectivity index (χ0n) is 11.3. The van der Waals surface area contributed by atoms with E-state index in [1.165, 1.54) is 0 Å². The third-order valence-electron chi connectivity index (χ3n) is 2.64. The van der Waals surface area contributed by atoms with Crippen LogP contribution in [0.1, 0.15) is 5.56 Å². The van der Waals surface area contributed by atoms with E-state index in [2.05, 4.69) is 21.1 Å². The van der Waals surface area contributed by atoms with Gasteiger partial charge in [-0.3, -0.25) is 0 Å².